The fraction of sp³-hybridized carbons (Fsp3) is 0.0400. The number of rotatable bonds is 12. The Bertz CT molecular complexity index is 3520. The number of hydrogen-bond donors (Lipinski definition) is 0. The molecule has 1 aliphatic rings. The van der Waals surface area contributed by atoms with Crippen LogP contribution in [0.5, 0.6) is 0 Å². The zero-order chi connectivity index (χ0) is 50.0. The lowest BCUT2D eigenvalue weighted by molar-refractivity contribution is 0.745. The second kappa shape index (κ2) is 19.6. The zero-order valence-corrected chi connectivity index (χ0v) is 41.7. The van der Waals surface area contributed by atoms with E-state index in [2.05, 4.69) is 322 Å². The lowest BCUT2D eigenvalue weighted by atomic mass is 9.64. The molecule has 0 spiro atoms. The maximum Gasteiger partial charge on any atom is 0.0701 e. The van der Waals surface area contributed by atoms with Gasteiger partial charge in [0.2, 0.25) is 0 Å². The summed E-state index contributed by atoms with van der Waals surface area (Å²) in [5.41, 5.74) is 22.2. The van der Waals surface area contributed by atoms with Crippen LogP contribution < -0.4 is 0 Å². The molecule has 1 atom stereocenters. The monoisotopic (exact) mass is 954 g/mol. The molecule has 0 amide bonds. The highest BCUT2D eigenvalue weighted by atomic mass is 14.4. The van der Waals surface area contributed by atoms with Gasteiger partial charge in [-0.25, -0.2) is 0 Å². The van der Waals surface area contributed by atoms with Crippen molar-refractivity contribution >= 4 is 0 Å². The summed E-state index contributed by atoms with van der Waals surface area (Å²) in [5.74, 6) is 0.0141. The molecule has 0 aliphatic heterocycles. The second-order valence-electron chi connectivity index (χ2n) is 19.9. The van der Waals surface area contributed by atoms with Crippen LogP contribution in [0.4, 0.5) is 0 Å². The summed E-state index contributed by atoms with van der Waals surface area (Å²) < 4.78 is 0. The van der Waals surface area contributed by atoms with Crippen LogP contribution >= 0.6 is 0 Å². The minimum absolute atomic E-state index is 0.0141. The third-order valence-electron chi connectivity index (χ3n) is 15.8. The number of fused-ring (bicyclic) bond motifs is 3. The van der Waals surface area contributed by atoms with Crippen molar-refractivity contribution in [2.24, 2.45) is 0 Å². The van der Waals surface area contributed by atoms with Crippen molar-refractivity contribution in [3.8, 4) is 44.5 Å². The number of benzene rings is 12. The fourth-order valence-corrected chi connectivity index (χ4v) is 12.5. The molecule has 0 radical (unpaired) electrons. The molecule has 0 nitrogen and oxygen atoms in total. The predicted octanol–water partition coefficient (Wildman–Crippen LogP) is 18.6. The lowest BCUT2D eigenvalue weighted by Crippen LogP contribution is -2.31. The van der Waals surface area contributed by atoms with Crippen molar-refractivity contribution < 1.29 is 0 Å². The minimum Gasteiger partial charge on any atom is -0.0622 e. The summed E-state index contributed by atoms with van der Waals surface area (Å²) in [6.45, 7) is 0. The number of hydrogen-bond acceptors (Lipinski definition) is 0. The smallest absolute Gasteiger partial charge is 0.0622 e. The van der Waals surface area contributed by atoms with Crippen LogP contribution in [0.15, 0.2) is 322 Å². The van der Waals surface area contributed by atoms with Gasteiger partial charge in [-0.05, 0) is 130 Å². The Labute approximate surface area is 441 Å². The Morgan fingerprint density at radius 2 is 0.507 bits per heavy atom. The molecule has 0 bridgehead atoms. The van der Waals surface area contributed by atoms with Gasteiger partial charge in [-0.1, -0.05) is 297 Å². The van der Waals surface area contributed by atoms with Gasteiger partial charge in [0.1, 0.15) is 0 Å². The van der Waals surface area contributed by atoms with Gasteiger partial charge in [-0.3, -0.25) is 0 Å². The summed E-state index contributed by atoms with van der Waals surface area (Å²) in [6.07, 6.45) is 0. The van der Waals surface area contributed by atoms with Crippen LogP contribution in [0.3, 0.4) is 0 Å². The van der Waals surface area contributed by atoms with Gasteiger partial charge in [-0.2, -0.15) is 0 Å². The summed E-state index contributed by atoms with van der Waals surface area (Å²) in [4.78, 5) is 0. The van der Waals surface area contributed by atoms with E-state index in [1.165, 1.54) is 94.6 Å². The summed E-state index contributed by atoms with van der Waals surface area (Å²) in [6, 6.07) is 119. The van der Waals surface area contributed by atoms with Crippen LogP contribution in [0.25, 0.3) is 44.5 Å². The highest BCUT2D eigenvalue weighted by Gasteiger charge is 2.40. The molecule has 0 heteroatoms. The van der Waals surface area contributed by atoms with Crippen molar-refractivity contribution in [1.29, 1.82) is 0 Å². The molecule has 0 saturated carbocycles. The standard InChI is InChI=1S/C75H54/c1-8-26-54(27-9-1)57-46-47-71-72(53-57)69-44-22-23-45-70(69)73(71)60-49-58(55-28-24-42-67(51-55)74(61-30-10-2-11-31-61,62-32-12-3-13-33-62)63-34-14-4-15-35-63)48-59(50-60)56-29-25-43-68(52-56)75(64-36-16-5-17-37-64,65-38-18-6-19-39-65)66-40-20-7-21-41-66/h1-53,73H. The Morgan fingerprint density at radius 1 is 0.187 bits per heavy atom. The van der Waals surface area contributed by atoms with Crippen molar-refractivity contribution in [1.82, 2.24) is 0 Å². The van der Waals surface area contributed by atoms with Gasteiger partial charge in [0.05, 0.1) is 10.8 Å². The van der Waals surface area contributed by atoms with Crippen molar-refractivity contribution in [2.75, 3.05) is 0 Å². The Morgan fingerprint density at radius 3 is 0.920 bits per heavy atom. The first kappa shape index (κ1) is 45.5. The molecule has 1 aliphatic carbocycles. The normalized spacial score (nSPS) is 12.9. The van der Waals surface area contributed by atoms with Gasteiger partial charge in [0, 0.05) is 5.92 Å². The maximum absolute atomic E-state index is 2.48. The van der Waals surface area contributed by atoms with Gasteiger partial charge in [0.15, 0.2) is 0 Å². The zero-order valence-electron chi connectivity index (χ0n) is 41.7. The lowest BCUT2D eigenvalue weighted by Gasteiger charge is -2.37. The van der Waals surface area contributed by atoms with E-state index in [1.807, 2.05) is 0 Å². The van der Waals surface area contributed by atoms with E-state index < -0.39 is 10.8 Å². The van der Waals surface area contributed by atoms with Crippen LogP contribution in [-0.2, 0) is 10.8 Å². The van der Waals surface area contributed by atoms with Gasteiger partial charge >= 0.3 is 0 Å². The molecule has 0 saturated heterocycles. The van der Waals surface area contributed by atoms with E-state index in [0.717, 1.165) is 11.1 Å². The largest absolute Gasteiger partial charge is 0.0701 e. The average Bonchev–Trinajstić information content (AvgIpc) is 3.83. The molecule has 0 aromatic heterocycles. The van der Waals surface area contributed by atoms with E-state index in [-0.39, 0.29) is 5.92 Å². The van der Waals surface area contributed by atoms with Crippen molar-refractivity contribution in [2.45, 2.75) is 16.7 Å². The minimum atomic E-state index is -0.593. The van der Waals surface area contributed by atoms with E-state index in [0.29, 0.717) is 0 Å². The molecular formula is C75H54. The SMILES string of the molecule is c1ccc(-c2ccc3c(c2)-c2ccccc2C3c2cc(-c3cccc(C(c4ccccc4)(c4ccccc4)c4ccccc4)c3)cc(-c3cccc(C(c4ccccc4)(c4ccccc4)c4ccccc4)c3)c2)cc1. The van der Waals surface area contributed by atoms with Gasteiger partial charge in [-0.15, -0.1) is 0 Å². The second-order valence-corrected chi connectivity index (χ2v) is 19.9. The summed E-state index contributed by atoms with van der Waals surface area (Å²) in [7, 11) is 0. The van der Waals surface area contributed by atoms with Crippen molar-refractivity contribution in [3.05, 3.63) is 383 Å². The topological polar surface area (TPSA) is 0 Å². The highest BCUT2D eigenvalue weighted by Crippen LogP contribution is 2.52. The molecule has 12 aromatic rings. The van der Waals surface area contributed by atoms with E-state index in [4.69, 9.17) is 0 Å². The quantitative estimate of drug-likeness (QED) is 0.107. The molecule has 75 heavy (non-hydrogen) atoms. The molecule has 354 valence electrons. The summed E-state index contributed by atoms with van der Waals surface area (Å²) in [5, 5.41) is 0. The van der Waals surface area contributed by atoms with Crippen LogP contribution in [-0.4, -0.2) is 0 Å². The van der Waals surface area contributed by atoms with E-state index >= 15 is 0 Å². The van der Waals surface area contributed by atoms with Crippen LogP contribution in [0.1, 0.15) is 67.1 Å². The first-order valence-electron chi connectivity index (χ1n) is 26.2. The third-order valence-corrected chi connectivity index (χ3v) is 15.8. The molecule has 12 aromatic carbocycles. The first-order chi connectivity index (χ1) is 37.2. The highest BCUT2D eigenvalue weighted by molar-refractivity contribution is 5.86. The molecule has 0 fully saturated rings. The Hall–Kier alpha value is -9.36. The molecular weight excluding hydrogens is 901 g/mol. The first-order valence-corrected chi connectivity index (χ1v) is 26.2. The Balaban J connectivity index is 1.06. The van der Waals surface area contributed by atoms with Crippen molar-refractivity contribution in [3.63, 3.8) is 0 Å². The predicted molar refractivity (Wildman–Crippen MR) is 312 cm³/mol. The Kier molecular flexibility index (Phi) is 11.9. The molecule has 1 unspecified atom stereocenters. The average molecular weight is 955 g/mol. The van der Waals surface area contributed by atoms with E-state index in [9.17, 15) is 0 Å². The van der Waals surface area contributed by atoms with Gasteiger partial charge < -0.3 is 0 Å². The third kappa shape index (κ3) is 7.95. The molecule has 13 rings (SSSR count). The van der Waals surface area contributed by atoms with Crippen LogP contribution in [0, 0.1) is 0 Å². The summed E-state index contributed by atoms with van der Waals surface area (Å²) >= 11 is 0. The maximum atomic E-state index is 2.48. The van der Waals surface area contributed by atoms with E-state index in [1.54, 1.807) is 0 Å². The molecule has 0 N–H and O–H groups in total. The fourth-order valence-electron chi connectivity index (χ4n) is 12.5. The molecule has 0 heterocycles. The van der Waals surface area contributed by atoms with Gasteiger partial charge in [0.25, 0.3) is 0 Å². The van der Waals surface area contributed by atoms with Crippen LogP contribution in [0.2, 0.25) is 0 Å².